The molecule has 0 bridgehead atoms. The quantitative estimate of drug-likeness (QED) is 0.562. The molecule has 27 heavy (non-hydrogen) atoms. The molecule has 144 valence electrons. The Balaban J connectivity index is 1.45. The number of amides is 1. The first kappa shape index (κ1) is 19.8. The van der Waals surface area contributed by atoms with Crippen molar-refractivity contribution in [3.8, 4) is 0 Å². The standard InChI is InChI=1S/C22H29N3OS/c1-2-21(27-20-10-8-18(23)9-11-20)22(26)24-19-12-14-25(15-13-19)16-17-6-4-3-5-7-17/h3-11,19,21H,2,12-16,23H2,1H3,(H,24,26). The van der Waals surface area contributed by atoms with Crippen molar-refractivity contribution < 1.29 is 4.79 Å². The maximum atomic E-state index is 12.7. The zero-order valence-corrected chi connectivity index (χ0v) is 16.8. The summed E-state index contributed by atoms with van der Waals surface area (Å²) in [4.78, 5) is 16.3. The summed E-state index contributed by atoms with van der Waals surface area (Å²) in [6.07, 6.45) is 2.84. The summed E-state index contributed by atoms with van der Waals surface area (Å²) >= 11 is 1.62. The van der Waals surface area contributed by atoms with Gasteiger partial charge in [-0.15, -0.1) is 11.8 Å². The van der Waals surface area contributed by atoms with Crippen LogP contribution >= 0.6 is 11.8 Å². The van der Waals surface area contributed by atoms with Crippen LogP contribution in [0.3, 0.4) is 0 Å². The molecule has 1 aliphatic heterocycles. The zero-order chi connectivity index (χ0) is 19.1. The second kappa shape index (κ2) is 9.81. The highest BCUT2D eigenvalue weighted by atomic mass is 32.2. The van der Waals surface area contributed by atoms with Gasteiger partial charge in [-0.05, 0) is 49.1 Å². The van der Waals surface area contributed by atoms with Gasteiger partial charge in [0.2, 0.25) is 5.91 Å². The summed E-state index contributed by atoms with van der Waals surface area (Å²) in [6.45, 7) is 5.12. The average molecular weight is 384 g/mol. The van der Waals surface area contributed by atoms with E-state index < -0.39 is 0 Å². The number of likely N-dealkylation sites (tertiary alicyclic amines) is 1. The van der Waals surface area contributed by atoms with E-state index >= 15 is 0 Å². The first-order chi connectivity index (χ1) is 13.1. The molecule has 1 amide bonds. The van der Waals surface area contributed by atoms with Crippen LogP contribution in [0.15, 0.2) is 59.5 Å². The maximum absolute atomic E-state index is 12.7. The molecular formula is C22H29N3OS. The highest BCUT2D eigenvalue weighted by Gasteiger charge is 2.24. The summed E-state index contributed by atoms with van der Waals surface area (Å²) in [7, 11) is 0. The van der Waals surface area contributed by atoms with Crippen LogP contribution < -0.4 is 11.1 Å². The van der Waals surface area contributed by atoms with Crippen molar-refractivity contribution in [2.45, 2.75) is 48.9 Å². The zero-order valence-electron chi connectivity index (χ0n) is 15.9. The first-order valence-electron chi connectivity index (χ1n) is 9.73. The molecule has 1 aliphatic rings. The van der Waals surface area contributed by atoms with Crippen LogP contribution in [0.4, 0.5) is 5.69 Å². The van der Waals surface area contributed by atoms with E-state index in [9.17, 15) is 4.79 Å². The first-order valence-corrected chi connectivity index (χ1v) is 10.6. The average Bonchev–Trinajstić information content (AvgIpc) is 2.70. The molecular weight excluding hydrogens is 354 g/mol. The molecule has 1 heterocycles. The lowest BCUT2D eigenvalue weighted by atomic mass is 10.0. The topological polar surface area (TPSA) is 58.4 Å². The van der Waals surface area contributed by atoms with Crippen molar-refractivity contribution in [1.29, 1.82) is 0 Å². The van der Waals surface area contributed by atoms with Crippen LogP contribution in [-0.2, 0) is 11.3 Å². The summed E-state index contributed by atoms with van der Waals surface area (Å²) in [5.74, 6) is 0.154. The van der Waals surface area contributed by atoms with Gasteiger partial charge >= 0.3 is 0 Å². The molecule has 2 aromatic carbocycles. The van der Waals surface area contributed by atoms with Gasteiger partial charge in [0.1, 0.15) is 0 Å². The van der Waals surface area contributed by atoms with E-state index in [-0.39, 0.29) is 17.2 Å². The van der Waals surface area contributed by atoms with E-state index in [0.717, 1.165) is 49.5 Å². The minimum Gasteiger partial charge on any atom is -0.399 e. The molecule has 0 aromatic heterocycles. The van der Waals surface area contributed by atoms with Gasteiger partial charge in [0, 0.05) is 36.3 Å². The van der Waals surface area contributed by atoms with E-state index in [2.05, 4.69) is 47.5 Å². The van der Waals surface area contributed by atoms with E-state index in [0.29, 0.717) is 0 Å². The summed E-state index contributed by atoms with van der Waals surface area (Å²) in [5.41, 5.74) is 7.84. The maximum Gasteiger partial charge on any atom is 0.233 e. The Morgan fingerprint density at radius 1 is 1.15 bits per heavy atom. The van der Waals surface area contributed by atoms with Crippen LogP contribution in [0.1, 0.15) is 31.7 Å². The molecule has 3 N–H and O–H groups in total. The van der Waals surface area contributed by atoms with Gasteiger partial charge in [0.05, 0.1) is 5.25 Å². The number of carbonyl (C=O) groups excluding carboxylic acids is 1. The number of nitrogens with one attached hydrogen (secondary N) is 1. The SMILES string of the molecule is CCC(Sc1ccc(N)cc1)C(=O)NC1CCN(Cc2ccccc2)CC1. The van der Waals surface area contributed by atoms with Gasteiger partial charge in [-0.25, -0.2) is 0 Å². The fourth-order valence-corrected chi connectivity index (χ4v) is 4.37. The molecule has 4 nitrogen and oxygen atoms in total. The van der Waals surface area contributed by atoms with E-state index in [1.807, 2.05) is 24.3 Å². The number of anilines is 1. The lowest BCUT2D eigenvalue weighted by Gasteiger charge is -2.33. The molecule has 5 heteroatoms. The Hall–Kier alpha value is -1.98. The number of nitrogens with two attached hydrogens (primary N) is 1. The Kier molecular flexibility index (Phi) is 7.18. The molecule has 2 aromatic rings. The Morgan fingerprint density at radius 2 is 1.81 bits per heavy atom. The Morgan fingerprint density at radius 3 is 2.44 bits per heavy atom. The lowest BCUT2D eigenvalue weighted by Crippen LogP contribution is -2.46. The predicted octanol–water partition coefficient (Wildman–Crippen LogP) is 3.92. The number of nitrogens with zero attached hydrogens (tertiary/aromatic N) is 1. The fourth-order valence-electron chi connectivity index (χ4n) is 3.40. The smallest absolute Gasteiger partial charge is 0.233 e. The highest BCUT2D eigenvalue weighted by Crippen LogP contribution is 2.26. The Bertz CT molecular complexity index is 712. The normalized spacial score (nSPS) is 16.8. The number of benzene rings is 2. The number of thioether (sulfide) groups is 1. The van der Waals surface area contributed by atoms with Crippen molar-refractivity contribution in [2.24, 2.45) is 0 Å². The Labute approximate surface area is 166 Å². The van der Waals surface area contributed by atoms with Crippen LogP contribution in [-0.4, -0.2) is 35.2 Å². The number of hydrogen-bond acceptors (Lipinski definition) is 4. The molecule has 3 rings (SSSR count). The van der Waals surface area contributed by atoms with Crippen LogP contribution in [0.25, 0.3) is 0 Å². The van der Waals surface area contributed by atoms with Gasteiger partial charge in [0.15, 0.2) is 0 Å². The third kappa shape index (κ3) is 6.01. The minimum absolute atomic E-state index is 0.0593. The number of piperidine rings is 1. The molecule has 1 fully saturated rings. The largest absolute Gasteiger partial charge is 0.399 e. The van der Waals surface area contributed by atoms with Gasteiger partial charge in [-0.3, -0.25) is 9.69 Å². The number of hydrogen-bond donors (Lipinski definition) is 2. The van der Waals surface area contributed by atoms with Crippen molar-refractivity contribution >= 4 is 23.4 Å². The second-order valence-electron chi connectivity index (χ2n) is 7.13. The molecule has 1 atom stereocenters. The number of nitrogen functional groups attached to an aromatic ring is 1. The molecule has 0 spiro atoms. The van der Waals surface area contributed by atoms with E-state index in [4.69, 9.17) is 5.73 Å². The summed E-state index contributed by atoms with van der Waals surface area (Å²) in [5, 5.41) is 3.22. The van der Waals surface area contributed by atoms with Crippen LogP contribution in [0.5, 0.6) is 0 Å². The number of rotatable bonds is 7. The number of carbonyl (C=O) groups is 1. The molecule has 0 radical (unpaired) electrons. The van der Waals surface area contributed by atoms with Gasteiger partial charge < -0.3 is 11.1 Å². The van der Waals surface area contributed by atoms with Crippen molar-refractivity contribution in [1.82, 2.24) is 10.2 Å². The third-order valence-corrected chi connectivity index (χ3v) is 6.38. The van der Waals surface area contributed by atoms with Gasteiger partial charge in [-0.2, -0.15) is 0 Å². The van der Waals surface area contributed by atoms with Crippen LogP contribution in [0, 0.1) is 0 Å². The minimum atomic E-state index is -0.0593. The highest BCUT2D eigenvalue weighted by molar-refractivity contribution is 8.00. The van der Waals surface area contributed by atoms with Crippen molar-refractivity contribution in [3.63, 3.8) is 0 Å². The summed E-state index contributed by atoms with van der Waals surface area (Å²) in [6, 6.07) is 18.6. The molecule has 0 saturated carbocycles. The molecule has 1 unspecified atom stereocenters. The monoisotopic (exact) mass is 383 g/mol. The van der Waals surface area contributed by atoms with Gasteiger partial charge in [0.25, 0.3) is 0 Å². The van der Waals surface area contributed by atoms with Crippen molar-refractivity contribution in [3.05, 3.63) is 60.2 Å². The van der Waals surface area contributed by atoms with Crippen molar-refractivity contribution in [2.75, 3.05) is 18.8 Å². The third-order valence-electron chi connectivity index (χ3n) is 5.00. The van der Waals surface area contributed by atoms with E-state index in [1.165, 1.54) is 5.56 Å². The van der Waals surface area contributed by atoms with Gasteiger partial charge in [-0.1, -0.05) is 37.3 Å². The van der Waals surface area contributed by atoms with Crippen LogP contribution in [0.2, 0.25) is 0 Å². The lowest BCUT2D eigenvalue weighted by molar-refractivity contribution is -0.121. The van der Waals surface area contributed by atoms with E-state index in [1.54, 1.807) is 11.8 Å². The molecule has 0 aliphatic carbocycles. The summed E-state index contributed by atoms with van der Waals surface area (Å²) < 4.78 is 0. The predicted molar refractivity (Wildman–Crippen MR) is 114 cm³/mol. The fraction of sp³-hybridized carbons (Fsp3) is 0.409. The molecule has 1 saturated heterocycles. The second-order valence-corrected chi connectivity index (χ2v) is 8.40.